The summed E-state index contributed by atoms with van der Waals surface area (Å²) in [5.41, 5.74) is 1.19. The molecule has 0 aromatic heterocycles. The average molecular weight is 361 g/mol. The number of ether oxygens (including phenoxy) is 1. The molecule has 6 heteroatoms. The van der Waals surface area contributed by atoms with Gasteiger partial charge >= 0.3 is 0 Å². The molecule has 0 aliphatic carbocycles. The van der Waals surface area contributed by atoms with Crippen LogP contribution >= 0.6 is 0 Å². The van der Waals surface area contributed by atoms with Crippen LogP contribution in [0.15, 0.2) is 24.3 Å². The highest BCUT2D eigenvalue weighted by molar-refractivity contribution is 5.77. The largest absolute Gasteiger partial charge is 0.495 e. The number of para-hydroxylation sites is 2. The van der Waals surface area contributed by atoms with Crippen LogP contribution in [0.1, 0.15) is 19.8 Å². The first-order chi connectivity index (χ1) is 12.7. The second-order valence-corrected chi connectivity index (χ2v) is 7.18. The summed E-state index contributed by atoms with van der Waals surface area (Å²) in [6.07, 6.45) is 2.41. The molecule has 0 spiro atoms. The lowest BCUT2D eigenvalue weighted by molar-refractivity contribution is -0.122. The Balaban J connectivity index is 1.52. The summed E-state index contributed by atoms with van der Waals surface area (Å²) in [5.74, 6) is 1.10. The van der Waals surface area contributed by atoms with E-state index in [9.17, 15) is 4.79 Å². The summed E-state index contributed by atoms with van der Waals surface area (Å²) in [7, 11) is 1.74. The van der Waals surface area contributed by atoms with Crippen molar-refractivity contribution in [1.82, 2.24) is 15.1 Å². The van der Waals surface area contributed by atoms with E-state index in [1.54, 1.807) is 7.11 Å². The Morgan fingerprint density at radius 2 is 1.96 bits per heavy atom. The van der Waals surface area contributed by atoms with Crippen LogP contribution in [-0.2, 0) is 4.79 Å². The van der Waals surface area contributed by atoms with Gasteiger partial charge in [0.25, 0.3) is 0 Å². The van der Waals surface area contributed by atoms with Gasteiger partial charge in [-0.25, -0.2) is 0 Å². The predicted octanol–water partition coefficient (Wildman–Crippen LogP) is 1.42. The number of benzene rings is 1. The Labute approximate surface area is 157 Å². The molecule has 2 aliphatic rings. The van der Waals surface area contributed by atoms with Gasteiger partial charge in [0, 0.05) is 45.3 Å². The molecule has 1 N–H and O–H groups in total. The molecule has 2 saturated heterocycles. The standard InChI is InChI=1S/C20H32N4O2/c1-3-21-20(25)16-22-10-6-7-17(15-22)23-11-13-24(14-12-23)18-8-4-5-9-19(18)26-2/h4-5,8-9,17H,3,6-7,10-16H2,1-2H3,(H,21,25)/t17-/m0/s1. The zero-order valence-electron chi connectivity index (χ0n) is 16.1. The van der Waals surface area contributed by atoms with Crippen molar-refractivity contribution in [2.24, 2.45) is 0 Å². The number of piperazine rings is 1. The number of hydrogen-bond donors (Lipinski definition) is 1. The van der Waals surface area contributed by atoms with E-state index in [1.807, 2.05) is 19.1 Å². The molecule has 1 amide bonds. The molecule has 3 rings (SSSR count). The van der Waals surface area contributed by atoms with Crippen LogP contribution in [-0.4, -0.2) is 81.2 Å². The number of carbonyl (C=O) groups excluding carboxylic acids is 1. The third-order valence-electron chi connectivity index (χ3n) is 5.48. The van der Waals surface area contributed by atoms with Gasteiger partial charge in [0.05, 0.1) is 19.3 Å². The first kappa shape index (κ1) is 19.0. The average Bonchev–Trinajstić information content (AvgIpc) is 2.68. The lowest BCUT2D eigenvalue weighted by Gasteiger charge is -2.44. The zero-order chi connectivity index (χ0) is 18.4. The Kier molecular flexibility index (Phi) is 6.74. The maximum Gasteiger partial charge on any atom is 0.234 e. The monoisotopic (exact) mass is 360 g/mol. The van der Waals surface area contributed by atoms with Gasteiger partial charge in [-0.1, -0.05) is 12.1 Å². The number of piperidine rings is 1. The molecule has 1 atom stereocenters. The fraction of sp³-hybridized carbons (Fsp3) is 0.650. The molecule has 144 valence electrons. The van der Waals surface area contributed by atoms with Gasteiger partial charge in [0.1, 0.15) is 5.75 Å². The van der Waals surface area contributed by atoms with E-state index in [2.05, 4.69) is 32.1 Å². The minimum Gasteiger partial charge on any atom is -0.495 e. The Morgan fingerprint density at radius 1 is 1.19 bits per heavy atom. The van der Waals surface area contributed by atoms with Crippen molar-refractivity contribution in [3.63, 3.8) is 0 Å². The van der Waals surface area contributed by atoms with Crippen molar-refractivity contribution < 1.29 is 9.53 Å². The maximum absolute atomic E-state index is 11.9. The summed E-state index contributed by atoms with van der Waals surface area (Å²) < 4.78 is 5.51. The van der Waals surface area contributed by atoms with E-state index in [1.165, 1.54) is 18.5 Å². The molecule has 1 aromatic rings. The highest BCUT2D eigenvalue weighted by Crippen LogP contribution is 2.29. The lowest BCUT2D eigenvalue weighted by atomic mass is 10.0. The summed E-state index contributed by atoms with van der Waals surface area (Å²) >= 11 is 0. The number of hydrogen-bond acceptors (Lipinski definition) is 5. The predicted molar refractivity (Wildman–Crippen MR) is 105 cm³/mol. The lowest BCUT2D eigenvalue weighted by Crippen LogP contribution is -2.56. The number of amides is 1. The number of likely N-dealkylation sites (tertiary alicyclic amines) is 1. The molecule has 0 radical (unpaired) electrons. The zero-order valence-corrected chi connectivity index (χ0v) is 16.1. The van der Waals surface area contributed by atoms with Crippen LogP contribution in [0, 0.1) is 0 Å². The van der Waals surface area contributed by atoms with Crippen molar-refractivity contribution in [1.29, 1.82) is 0 Å². The number of methoxy groups -OCH3 is 1. The number of nitrogens with one attached hydrogen (secondary N) is 1. The molecule has 2 aliphatic heterocycles. The minimum absolute atomic E-state index is 0.147. The third-order valence-corrected chi connectivity index (χ3v) is 5.48. The molecule has 0 bridgehead atoms. The van der Waals surface area contributed by atoms with E-state index >= 15 is 0 Å². The fourth-order valence-corrected chi connectivity index (χ4v) is 4.15. The normalized spacial score (nSPS) is 22.2. The quantitative estimate of drug-likeness (QED) is 0.831. The van der Waals surface area contributed by atoms with Crippen molar-refractivity contribution in [2.75, 3.05) is 64.4 Å². The maximum atomic E-state index is 11.9. The van der Waals surface area contributed by atoms with E-state index in [4.69, 9.17) is 4.74 Å². The molecule has 1 aromatic carbocycles. The van der Waals surface area contributed by atoms with Crippen LogP contribution in [0.3, 0.4) is 0 Å². The molecule has 26 heavy (non-hydrogen) atoms. The van der Waals surface area contributed by atoms with E-state index in [-0.39, 0.29) is 5.91 Å². The molecular weight excluding hydrogens is 328 g/mol. The van der Waals surface area contributed by atoms with Crippen LogP contribution in [0.5, 0.6) is 5.75 Å². The van der Waals surface area contributed by atoms with Gasteiger partial charge in [0.15, 0.2) is 0 Å². The highest BCUT2D eigenvalue weighted by Gasteiger charge is 2.29. The van der Waals surface area contributed by atoms with Crippen molar-refractivity contribution >= 4 is 11.6 Å². The number of nitrogens with zero attached hydrogens (tertiary/aromatic N) is 3. The van der Waals surface area contributed by atoms with Gasteiger partial charge in [-0.2, -0.15) is 0 Å². The van der Waals surface area contributed by atoms with Crippen molar-refractivity contribution in [3.05, 3.63) is 24.3 Å². The molecule has 2 heterocycles. The summed E-state index contributed by atoms with van der Waals surface area (Å²) in [4.78, 5) is 19.2. The van der Waals surface area contributed by atoms with Gasteiger partial charge in [-0.15, -0.1) is 0 Å². The number of carbonyl (C=O) groups is 1. The minimum atomic E-state index is 0.147. The Morgan fingerprint density at radius 3 is 2.69 bits per heavy atom. The number of anilines is 1. The molecule has 0 saturated carbocycles. The highest BCUT2D eigenvalue weighted by atomic mass is 16.5. The van der Waals surface area contributed by atoms with Gasteiger partial charge in [-0.3, -0.25) is 14.6 Å². The second-order valence-electron chi connectivity index (χ2n) is 7.18. The smallest absolute Gasteiger partial charge is 0.234 e. The first-order valence-corrected chi connectivity index (χ1v) is 9.82. The third kappa shape index (κ3) is 4.68. The summed E-state index contributed by atoms with van der Waals surface area (Å²) in [5, 5.41) is 2.91. The summed E-state index contributed by atoms with van der Waals surface area (Å²) in [6, 6.07) is 8.83. The van der Waals surface area contributed by atoms with Crippen LogP contribution in [0.2, 0.25) is 0 Å². The Bertz CT molecular complexity index is 587. The van der Waals surface area contributed by atoms with E-state index < -0.39 is 0 Å². The summed E-state index contributed by atoms with van der Waals surface area (Å²) in [6.45, 7) is 9.43. The van der Waals surface area contributed by atoms with Gasteiger partial charge in [0.2, 0.25) is 5.91 Å². The van der Waals surface area contributed by atoms with Crippen LogP contribution in [0.25, 0.3) is 0 Å². The van der Waals surface area contributed by atoms with Crippen molar-refractivity contribution in [2.45, 2.75) is 25.8 Å². The molecule has 0 unspecified atom stereocenters. The van der Waals surface area contributed by atoms with Crippen LogP contribution in [0.4, 0.5) is 5.69 Å². The molecular formula is C20H32N4O2. The van der Waals surface area contributed by atoms with Gasteiger partial charge < -0.3 is 15.0 Å². The number of rotatable bonds is 6. The molecule has 6 nitrogen and oxygen atoms in total. The first-order valence-electron chi connectivity index (χ1n) is 9.82. The second kappa shape index (κ2) is 9.24. The fourth-order valence-electron chi connectivity index (χ4n) is 4.15. The van der Waals surface area contributed by atoms with Crippen LogP contribution < -0.4 is 15.0 Å². The van der Waals surface area contributed by atoms with E-state index in [0.717, 1.165) is 45.0 Å². The van der Waals surface area contributed by atoms with Gasteiger partial charge in [-0.05, 0) is 38.4 Å². The van der Waals surface area contributed by atoms with E-state index in [0.29, 0.717) is 19.1 Å². The van der Waals surface area contributed by atoms with Crippen molar-refractivity contribution in [3.8, 4) is 5.75 Å². The SMILES string of the molecule is CCNC(=O)CN1CCC[C@H](N2CCN(c3ccccc3OC)CC2)C1. The Hall–Kier alpha value is -1.79. The topological polar surface area (TPSA) is 48.1 Å². The number of likely N-dealkylation sites (N-methyl/N-ethyl adjacent to an activating group) is 1. The molecule has 2 fully saturated rings.